The van der Waals surface area contributed by atoms with Gasteiger partial charge in [-0.3, -0.25) is 4.90 Å². The number of imidazole rings is 1. The molecule has 1 aromatic carbocycles. The lowest BCUT2D eigenvalue weighted by atomic mass is 10.00. The molecule has 1 atom stereocenters. The molecular weight excluding hydrogens is 288 g/mol. The lowest BCUT2D eigenvalue weighted by Gasteiger charge is -2.30. The van der Waals surface area contributed by atoms with E-state index in [-0.39, 0.29) is 11.3 Å². The van der Waals surface area contributed by atoms with Crippen LogP contribution in [0.4, 0.5) is 0 Å². The molecule has 0 unspecified atom stereocenters. The van der Waals surface area contributed by atoms with Gasteiger partial charge in [-0.15, -0.1) is 0 Å². The number of para-hydroxylation sites is 2. The van der Waals surface area contributed by atoms with Crippen molar-refractivity contribution in [3.8, 4) is 6.07 Å². The fourth-order valence-electron chi connectivity index (χ4n) is 3.33. The van der Waals surface area contributed by atoms with Crippen molar-refractivity contribution < 1.29 is 5.11 Å². The predicted octanol–water partition coefficient (Wildman–Crippen LogP) is 3.10. The third-order valence-corrected chi connectivity index (χ3v) is 4.53. The maximum Gasteiger partial charge on any atom is 0.155 e. The summed E-state index contributed by atoms with van der Waals surface area (Å²) in [5.41, 5.74) is 2.05. The van der Waals surface area contributed by atoms with Gasteiger partial charge in [0.2, 0.25) is 0 Å². The Morgan fingerprint density at radius 3 is 2.91 bits per heavy atom. The minimum Gasteiger partial charge on any atom is -0.509 e. The van der Waals surface area contributed by atoms with E-state index in [4.69, 9.17) is 0 Å². The summed E-state index contributed by atoms with van der Waals surface area (Å²) in [4.78, 5) is 6.73. The van der Waals surface area contributed by atoms with Crippen LogP contribution >= 0.6 is 0 Å². The molecule has 0 spiro atoms. The molecule has 1 aliphatic heterocycles. The molecule has 0 saturated carbocycles. The summed E-state index contributed by atoms with van der Waals surface area (Å²) in [6, 6.07) is 9.88. The van der Waals surface area contributed by atoms with Crippen LogP contribution < -0.4 is 0 Å². The quantitative estimate of drug-likeness (QED) is 0.699. The Hall–Kier alpha value is -2.32. The molecule has 5 heteroatoms. The molecule has 0 radical (unpaired) electrons. The van der Waals surface area contributed by atoms with E-state index in [1.807, 2.05) is 35.9 Å². The number of piperidine rings is 1. The van der Waals surface area contributed by atoms with Gasteiger partial charge in [0.05, 0.1) is 17.6 Å². The van der Waals surface area contributed by atoms with Crippen LogP contribution in [0.2, 0.25) is 0 Å². The Balaban J connectivity index is 1.93. The molecule has 1 aromatic heterocycles. The van der Waals surface area contributed by atoms with Gasteiger partial charge < -0.3 is 9.67 Å². The Labute approximate surface area is 136 Å². The average Bonchev–Trinajstić information content (AvgIpc) is 2.86. The van der Waals surface area contributed by atoms with Crippen LogP contribution in [0.3, 0.4) is 0 Å². The molecule has 1 aliphatic rings. The normalized spacial score (nSPS) is 20.3. The number of allylic oxidation sites excluding steroid dienone is 1. The molecule has 120 valence electrons. The van der Waals surface area contributed by atoms with Crippen LogP contribution in [0.15, 0.2) is 30.0 Å². The summed E-state index contributed by atoms with van der Waals surface area (Å²) in [5.74, 6) is 1.27. The first kappa shape index (κ1) is 15.6. The van der Waals surface area contributed by atoms with Gasteiger partial charge in [0.15, 0.2) is 5.82 Å². The van der Waals surface area contributed by atoms with Crippen LogP contribution in [0.1, 0.15) is 25.6 Å². The number of nitriles is 1. The molecule has 3 rings (SSSR count). The van der Waals surface area contributed by atoms with Gasteiger partial charge in [0.1, 0.15) is 17.4 Å². The summed E-state index contributed by atoms with van der Waals surface area (Å²) < 4.78 is 1.86. The van der Waals surface area contributed by atoms with Crippen molar-refractivity contribution in [3.05, 3.63) is 35.8 Å². The van der Waals surface area contributed by atoms with Gasteiger partial charge in [-0.2, -0.15) is 5.26 Å². The van der Waals surface area contributed by atoms with Gasteiger partial charge in [-0.1, -0.05) is 19.1 Å². The zero-order valence-corrected chi connectivity index (χ0v) is 13.7. The van der Waals surface area contributed by atoms with Gasteiger partial charge in [-0.25, -0.2) is 4.98 Å². The fourth-order valence-corrected chi connectivity index (χ4v) is 3.33. The number of benzene rings is 1. The first-order chi connectivity index (χ1) is 11.1. The minimum absolute atomic E-state index is 0.111. The number of fused-ring (bicyclic) bond motifs is 1. The third kappa shape index (κ3) is 3.08. The molecule has 2 heterocycles. The second-order valence-electron chi connectivity index (χ2n) is 6.40. The summed E-state index contributed by atoms with van der Waals surface area (Å²) >= 11 is 0. The van der Waals surface area contributed by atoms with Gasteiger partial charge >= 0.3 is 0 Å². The summed E-state index contributed by atoms with van der Waals surface area (Å²) in [6.07, 6.45) is 2.37. The Kier molecular flexibility index (Phi) is 4.35. The van der Waals surface area contributed by atoms with E-state index in [2.05, 4.69) is 22.9 Å². The smallest absolute Gasteiger partial charge is 0.155 e. The second-order valence-corrected chi connectivity index (χ2v) is 6.40. The van der Waals surface area contributed by atoms with E-state index < -0.39 is 0 Å². The van der Waals surface area contributed by atoms with Crippen LogP contribution in [0.25, 0.3) is 16.6 Å². The molecule has 1 saturated heterocycles. The topological polar surface area (TPSA) is 65.1 Å². The fraction of sp³-hybridized carbons (Fsp3) is 0.444. The van der Waals surface area contributed by atoms with E-state index in [0.29, 0.717) is 18.3 Å². The van der Waals surface area contributed by atoms with Crippen molar-refractivity contribution in [2.75, 3.05) is 19.6 Å². The molecule has 1 fully saturated rings. The number of hydrogen-bond donors (Lipinski definition) is 1. The standard InChI is InChI=1S/C18H22N4O/c1-13-6-5-9-22(11-13)12-17(23)14(10-19)18-20-15-7-3-4-8-16(15)21(18)2/h3-4,7-8,13,23H,5-6,9,11-12H2,1-2H3/b17-14-/t13-/m0/s1. The van der Waals surface area contributed by atoms with Crippen LogP contribution in [0, 0.1) is 17.2 Å². The van der Waals surface area contributed by atoms with Crippen molar-refractivity contribution in [2.45, 2.75) is 19.8 Å². The maximum atomic E-state index is 10.5. The largest absolute Gasteiger partial charge is 0.509 e. The van der Waals surface area contributed by atoms with Crippen LogP contribution in [0.5, 0.6) is 0 Å². The molecule has 1 N–H and O–H groups in total. The van der Waals surface area contributed by atoms with Gasteiger partial charge in [0.25, 0.3) is 0 Å². The summed E-state index contributed by atoms with van der Waals surface area (Å²) in [5, 5.41) is 20.1. The number of aliphatic hydroxyl groups is 1. The van der Waals surface area contributed by atoms with E-state index in [9.17, 15) is 10.4 Å². The van der Waals surface area contributed by atoms with E-state index in [1.54, 1.807) is 0 Å². The van der Waals surface area contributed by atoms with Crippen molar-refractivity contribution in [3.63, 3.8) is 0 Å². The highest BCUT2D eigenvalue weighted by Gasteiger charge is 2.21. The van der Waals surface area contributed by atoms with Gasteiger partial charge in [0, 0.05) is 13.6 Å². The molecule has 2 aromatic rings. The molecule has 5 nitrogen and oxygen atoms in total. The molecule has 0 aliphatic carbocycles. The maximum absolute atomic E-state index is 10.5. The number of hydrogen-bond acceptors (Lipinski definition) is 4. The highest BCUT2D eigenvalue weighted by Crippen LogP contribution is 2.23. The second kappa shape index (κ2) is 6.43. The van der Waals surface area contributed by atoms with Crippen LogP contribution in [-0.2, 0) is 7.05 Å². The Morgan fingerprint density at radius 1 is 1.43 bits per heavy atom. The zero-order valence-electron chi connectivity index (χ0n) is 13.7. The summed E-state index contributed by atoms with van der Waals surface area (Å²) in [6.45, 7) is 4.57. The van der Waals surface area contributed by atoms with E-state index in [1.165, 1.54) is 6.42 Å². The third-order valence-electron chi connectivity index (χ3n) is 4.53. The van der Waals surface area contributed by atoms with Crippen molar-refractivity contribution >= 4 is 16.6 Å². The van der Waals surface area contributed by atoms with Crippen molar-refractivity contribution in [1.29, 1.82) is 5.26 Å². The molecular formula is C18H22N4O. The molecule has 0 bridgehead atoms. The first-order valence-corrected chi connectivity index (χ1v) is 8.06. The van der Waals surface area contributed by atoms with Gasteiger partial charge in [-0.05, 0) is 37.4 Å². The minimum atomic E-state index is 0.111. The number of aliphatic hydroxyl groups excluding tert-OH is 1. The Morgan fingerprint density at radius 2 is 2.22 bits per heavy atom. The summed E-state index contributed by atoms with van der Waals surface area (Å²) in [7, 11) is 1.87. The number of aryl methyl sites for hydroxylation is 1. The highest BCUT2D eigenvalue weighted by molar-refractivity contribution is 5.83. The zero-order chi connectivity index (χ0) is 16.4. The Bertz CT molecular complexity index is 784. The lowest BCUT2D eigenvalue weighted by molar-refractivity contribution is 0.177. The average molecular weight is 310 g/mol. The number of likely N-dealkylation sites (tertiary alicyclic amines) is 1. The SMILES string of the molecule is C[C@H]1CCCN(C/C(O)=C(\C#N)c2nc3ccccc3n2C)C1. The van der Waals surface area contributed by atoms with E-state index in [0.717, 1.165) is 30.5 Å². The van der Waals surface area contributed by atoms with Crippen LogP contribution in [-0.4, -0.2) is 39.2 Å². The first-order valence-electron chi connectivity index (χ1n) is 8.06. The van der Waals surface area contributed by atoms with E-state index >= 15 is 0 Å². The predicted molar refractivity (Wildman–Crippen MR) is 90.7 cm³/mol. The number of rotatable bonds is 3. The van der Waals surface area contributed by atoms with Crippen molar-refractivity contribution in [2.24, 2.45) is 13.0 Å². The molecule has 0 amide bonds. The van der Waals surface area contributed by atoms with Crippen molar-refractivity contribution in [1.82, 2.24) is 14.5 Å². The lowest BCUT2D eigenvalue weighted by Crippen LogP contribution is -2.35. The highest BCUT2D eigenvalue weighted by atomic mass is 16.3. The number of aromatic nitrogens is 2. The number of nitrogens with zero attached hydrogens (tertiary/aromatic N) is 4. The molecule has 23 heavy (non-hydrogen) atoms. The monoisotopic (exact) mass is 310 g/mol.